The van der Waals surface area contributed by atoms with Gasteiger partial charge in [-0.3, -0.25) is 19.8 Å². The number of carbonyl (C=O) groups is 2. The third-order valence-corrected chi connectivity index (χ3v) is 2.93. The van der Waals surface area contributed by atoms with Crippen molar-refractivity contribution in [3.8, 4) is 0 Å². The second-order valence-corrected chi connectivity index (χ2v) is 4.43. The number of nitrogens with zero attached hydrogens (tertiary/aromatic N) is 1. The number of benzene rings is 1. The fourth-order valence-corrected chi connectivity index (χ4v) is 1.87. The van der Waals surface area contributed by atoms with Crippen molar-refractivity contribution in [2.75, 3.05) is 0 Å². The molecular formula is C15H15N3O3. The van der Waals surface area contributed by atoms with Crippen LogP contribution in [0.5, 0.6) is 0 Å². The topological polar surface area (TPSA) is 91.3 Å². The van der Waals surface area contributed by atoms with Gasteiger partial charge in [-0.05, 0) is 23.8 Å². The van der Waals surface area contributed by atoms with Crippen LogP contribution < -0.4 is 10.8 Å². The maximum atomic E-state index is 12.1. The van der Waals surface area contributed by atoms with Gasteiger partial charge in [0, 0.05) is 24.4 Å². The van der Waals surface area contributed by atoms with Crippen molar-refractivity contribution in [3.63, 3.8) is 0 Å². The molecule has 1 unspecified atom stereocenters. The molecule has 0 saturated carbocycles. The van der Waals surface area contributed by atoms with Gasteiger partial charge in [-0.1, -0.05) is 24.3 Å². The Labute approximate surface area is 121 Å². The Morgan fingerprint density at radius 2 is 1.90 bits per heavy atom. The smallest absolute Gasteiger partial charge is 0.266 e. The molecule has 6 nitrogen and oxygen atoms in total. The standard InChI is InChI=1S/C15H15N3O3/c19-14(12-6-2-1-3-7-12)17-13(15(20)18-21)9-11-5-4-8-16-10-11/h1-8,10,13,21H,9H2,(H,17,19)(H,18,20). The van der Waals surface area contributed by atoms with Crippen LogP contribution in [-0.2, 0) is 11.2 Å². The Bertz CT molecular complexity index is 602. The number of rotatable bonds is 5. The predicted octanol–water partition coefficient (Wildman–Crippen LogP) is 0.928. The number of pyridine rings is 1. The molecule has 1 aromatic carbocycles. The van der Waals surface area contributed by atoms with E-state index in [-0.39, 0.29) is 12.3 Å². The summed E-state index contributed by atoms with van der Waals surface area (Å²) in [6, 6.07) is 11.2. The lowest BCUT2D eigenvalue weighted by Crippen LogP contribution is -2.47. The lowest BCUT2D eigenvalue weighted by molar-refractivity contribution is -0.131. The van der Waals surface area contributed by atoms with E-state index < -0.39 is 11.9 Å². The summed E-state index contributed by atoms with van der Waals surface area (Å²) < 4.78 is 0. The number of hydrogen-bond donors (Lipinski definition) is 3. The highest BCUT2D eigenvalue weighted by atomic mass is 16.5. The average Bonchev–Trinajstić information content (AvgIpc) is 2.55. The zero-order valence-electron chi connectivity index (χ0n) is 11.2. The van der Waals surface area contributed by atoms with E-state index in [9.17, 15) is 9.59 Å². The molecule has 2 rings (SSSR count). The van der Waals surface area contributed by atoms with E-state index in [2.05, 4.69) is 10.3 Å². The molecule has 2 aromatic rings. The summed E-state index contributed by atoms with van der Waals surface area (Å²) in [4.78, 5) is 27.7. The zero-order valence-corrected chi connectivity index (χ0v) is 11.2. The van der Waals surface area contributed by atoms with E-state index >= 15 is 0 Å². The van der Waals surface area contributed by atoms with E-state index in [0.29, 0.717) is 5.56 Å². The van der Waals surface area contributed by atoms with E-state index in [4.69, 9.17) is 5.21 Å². The van der Waals surface area contributed by atoms with Gasteiger partial charge in [0.15, 0.2) is 0 Å². The normalized spacial score (nSPS) is 11.5. The fourth-order valence-electron chi connectivity index (χ4n) is 1.87. The maximum Gasteiger partial charge on any atom is 0.266 e. The molecule has 21 heavy (non-hydrogen) atoms. The quantitative estimate of drug-likeness (QED) is 0.563. The molecule has 0 aliphatic rings. The highest BCUT2D eigenvalue weighted by Gasteiger charge is 2.21. The lowest BCUT2D eigenvalue weighted by Gasteiger charge is -2.16. The summed E-state index contributed by atoms with van der Waals surface area (Å²) in [5.74, 6) is -1.06. The van der Waals surface area contributed by atoms with Crippen LogP contribution in [0.3, 0.4) is 0 Å². The summed E-state index contributed by atoms with van der Waals surface area (Å²) in [6.45, 7) is 0. The summed E-state index contributed by atoms with van der Waals surface area (Å²) in [6.07, 6.45) is 3.46. The monoisotopic (exact) mass is 285 g/mol. The van der Waals surface area contributed by atoms with Crippen molar-refractivity contribution < 1.29 is 14.8 Å². The summed E-state index contributed by atoms with van der Waals surface area (Å²) in [7, 11) is 0. The SMILES string of the molecule is O=C(NC(Cc1cccnc1)C(=O)NO)c1ccccc1. The third kappa shape index (κ3) is 4.12. The first-order valence-corrected chi connectivity index (χ1v) is 6.39. The molecule has 6 heteroatoms. The Kier molecular flexibility index (Phi) is 5.00. The van der Waals surface area contributed by atoms with Gasteiger partial charge in [0.25, 0.3) is 11.8 Å². The van der Waals surface area contributed by atoms with Crippen LogP contribution in [0, 0.1) is 0 Å². The van der Waals surface area contributed by atoms with Gasteiger partial charge in [0.2, 0.25) is 0 Å². The fraction of sp³-hybridized carbons (Fsp3) is 0.133. The number of carbonyl (C=O) groups excluding carboxylic acids is 2. The van der Waals surface area contributed by atoms with Crippen LogP contribution in [0.15, 0.2) is 54.9 Å². The van der Waals surface area contributed by atoms with E-state index in [1.54, 1.807) is 60.3 Å². The molecule has 2 amide bonds. The highest BCUT2D eigenvalue weighted by molar-refractivity contribution is 5.97. The second kappa shape index (κ2) is 7.16. The van der Waals surface area contributed by atoms with Crippen molar-refractivity contribution in [1.82, 2.24) is 15.8 Å². The van der Waals surface area contributed by atoms with Crippen molar-refractivity contribution in [3.05, 3.63) is 66.0 Å². The van der Waals surface area contributed by atoms with Gasteiger partial charge < -0.3 is 5.32 Å². The van der Waals surface area contributed by atoms with E-state index in [1.165, 1.54) is 0 Å². The van der Waals surface area contributed by atoms with Crippen molar-refractivity contribution in [2.45, 2.75) is 12.5 Å². The summed E-state index contributed by atoms with van der Waals surface area (Å²) in [5, 5.41) is 11.4. The first kappa shape index (κ1) is 14.7. The van der Waals surface area contributed by atoms with E-state index in [1.807, 2.05) is 0 Å². The minimum atomic E-state index is -0.882. The largest absolute Gasteiger partial charge is 0.340 e. The molecule has 0 aliphatic carbocycles. The van der Waals surface area contributed by atoms with Crippen LogP contribution in [-0.4, -0.2) is 28.0 Å². The predicted molar refractivity (Wildman–Crippen MR) is 75.6 cm³/mol. The van der Waals surface area contributed by atoms with Crippen molar-refractivity contribution >= 4 is 11.8 Å². The molecule has 0 bridgehead atoms. The number of hydrogen-bond acceptors (Lipinski definition) is 4. The van der Waals surface area contributed by atoms with Gasteiger partial charge >= 0.3 is 0 Å². The van der Waals surface area contributed by atoms with Crippen LogP contribution in [0.25, 0.3) is 0 Å². The van der Waals surface area contributed by atoms with Gasteiger partial charge in [-0.15, -0.1) is 0 Å². The minimum Gasteiger partial charge on any atom is -0.340 e. The minimum absolute atomic E-state index is 0.235. The average molecular weight is 285 g/mol. The van der Waals surface area contributed by atoms with Gasteiger partial charge in [0.05, 0.1) is 0 Å². The van der Waals surface area contributed by atoms with Gasteiger partial charge in [-0.25, -0.2) is 5.48 Å². The molecule has 3 N–H and O–H groups in total. The number of amides is 2. The van der Waals surface area contributed by atoms with Crippen LogP contribution >= 0.6 is 0 Å². The van der Waals surface area contributed by atoms with Crippen LogP contribution in [0.1, 0.15) is 15.9 Å². The Morgan fingerprint density at radius 3 is 2.52 bits per heavy atom. The van der Waals surface area contributed by atoms with Crippen LogP contribution in [0.4, 0.5) is 0 Å². The highest BCUT2D eigenvalue weighted by Crippen LogP contribution is 2.04. The van der Waals surface area contributed by atoms with E-state index in [0.717, 1.165) is 5.56 Å². The van der Waals surface area contributed by atoms with Crippen molar-refractivity contribution in [2.24, 2.45) is 0 Å². The molecular weight excluding hydrogens is 270 g/mol. The molecule has 0 radical (unpaired) electrons. The molecule has 1 heterocycles. The molecule has 0 spiro atoms. The van der Waals surface area contributed by atoms with Crippen LogP contribution in [0.2, 0.25) is 0 Å². The zero-order chi connectivity index (χ0) is 15.1. The first-order valence-electron chi connectivity index (χ1n) is 6.39. The Morgan fingerprint density at radius 1 is 1.14 bits per heavy atom. The number of nitrogens with one attached hydrogen (secondary N) is 2. The van der Waals surface area contributed by atoms with Crippen molar-refractivity contribution in [1.29, 1.82) is 0 Å². The molecule has 0 aliphatic heterocycles. The Balaban J connectivity index is 2.10. The first-order chi connectivity index (χ1) is 10.2. The lowest BCUT2D eigenvalue weighted by atomic mass is 10.1. The molecule has 1 aromatic heterocycles. The summed E-state index contributed by atoms with van der Waals surface area (Å²) >= 11 is 0. The molecule has 0 saturated heterocycles. The number of hydroxylamine groups is 1. The molecule has 108 valence electrons. The molecule has 0 fully saturated rings. The maximum absolute atomic E-state index is 12.1. The van der Waals surface area contributed by atoms with Gasteiger partial charge in [-0.2, -0.15) is 0 Å². The molecule has 1 atom stereocenters. The van der Waals surface area contributed by atoms with Gasteiger partial charge in [0.1, 0.15) is 6.04 Å². The Hall–Kier alpha value is -2.73. The third-order valence-electron chi connectivity index (χ3n) is 2.93. The second-order valence-electron chi connectivity index (χ2n) is 4.43. The summed E-state index contributed by atoms with van der Waals surface area (Å²) in [5.41, 5.74) is 2.79. The number of aromatic nitrogens is 1.